The highest BCUT2D eigenvalue weighted by Gasteiger charge is 2.72. The third-order valence-electron chi connectivity index (χ3n) is 8.58. The summed E-state index contributed by atoms with van der Waals surface area (Å²) in [6.45, 7) is 4.18. The summed E-state index contributed by atoms with van der Waals surface area (Å²) >= 11 is 0. The Hall–Kier alpha value is -2.50. The topological polar surface area (TPSA) is 60.5 Å². The van der Waals surface area contributed by atoms with Crippen molar-refractivity contribution in [1.29, 1.82) is 0 Å². The Kier molecular flexibility index (Phi) is 3.10. The lowest BCUT2D eigenvalue weighted by Gasteiger charge is -2.65. The Balaban J connectivity index is 1.62. The molecule has 1 saturated heterocycles. The van der Waals surface area contributed by atoms with Crippen molar-refractivity contribution in [3.8, 4) is 11.5 Å². The smallest absolute Gasteiger partial charge is 0.166 e. The van der Waals surface area contributed by atoms with Crippen LogP contribution in [-0.4, -0.2) is 46.7 Å². The molecule has 0 radical (unpaired) electrons. The summed E-state index contributed by atoms with van der Waals surface area (Å²) in [5, 5.41) is 16.1. The number of piperidine rings is 1. The molecule has 5 heteroatoms. The number of ether oxygens (including phenoxy) is 1. The zero-order valence-electron chi connectivity index (χ0n) is 17.5. The van der Waals surface area contributed by atoms with E-state index in [1.807, 2.05) is 6.07 Å². The van der Waals surface area contributed by atoms with Crippen molar-refractivity contribution in [2.24, 2.45) is 0 Å². The quantitative estimate of drug-likeness (QED) is 0.616. The molecule has 0 saturated carbocycles. The Morgan fingerprint density at radius 2 is 2.13 bits per heavy atom. The van der Waals surface area contributed by atoms with E-state index in [1.54, 1.807) is 0 Å². The van der Waals surface area contributed by atoms with Gasteiger partial charge in [0.1, 0.15) is 0 Å². The highest BCUT2D eigenvalue weighted by atomic mass is 16.5. The molecule has 1 aromatic heterocycles. The van der Waals surface area contributed by atoms with Crippen molar-refractivity contribution in [2.45, 2.75) is 49.3 Å². The molecular formula is C25H27N3O2. The largest absolute Gasteiger partial charge is 0.504 e. The first-order valence-electron chi connectivity index (χ1n) is 11.2. The Morgan fingerprint density at radius 1 is 1.27 bits per heavy atom. The lowest BCUT2D eigenvalue weighted by molar-refractivity contribution is -0.0645. The predicted molar refractivity (Wildman–Crippen MR) is 116 cm³/mol. The second kappa shape index (κ2) is 5.40. The number of phenolic OH excluding ortho intramolecular Hbond substituents is 1. The van der Waals surface area contributed by atoms with Gasteiger partial charge in [-0.05, 0) is 62.7 Å². The predicted octanol–water partition coefficient (Wildman–Crippen LogP) is 3.41. The second-order valence-electron chi connectivity index (χ2n) is 9.61. The Bertz CT molecular complexity index is 1220. The molecule has 0 amide bonds. The fourth-order valence-electron chi connectivity index (χ4n) is 7.55. The lowest BCUT2D eigenvalue weighted by Crippen LogP contribution is -2.79. The summed E-state index contributed by atoms with van der Waals surface area (Å²) < 4.78 is 6.73. The van der Waals surface area contributed by atoms with E-state index in [-0.39, 0.29) is 22.8 Å². The maximum Gasteiger partial charge on any atom is 0.166 e. The minimum Gasteiger partial charge on any atom is -0.504 e. The number of nitrogens with one attached hydrogen (secondary N) is 2. The van der Waals surface area contributed by atoms with E-state index in [4.69, 9.17) is 4.74 Å². The molecule has 1 spiro atoms. The molecule has 30 heavy (non-hydrogen) atoms. The fraction of sp³-hybridized carbons (Fsp3) is 0.440. The van der Waals surface area contributed by atoms with Gasteiger partial charge in [0.25, 0.3) is 0 Å². The molecule has 3 aromatic rings. The van der Waals surface area contributed by atoms with E-state index in [0.717, 1.165) is 32.4 Å². The van der Waals surface area contributed by atoms with Crippen molar-refractivity contribution in [2.75, 3.05) is 20.1 Å². The van der Waals surface area contributed by atoms with Crippen molar-refractivity contribution >= 4 is 10.9 Å². The zero-order valence-corrected chi connectivity index (χ0v) is 17.5. The highest BCUT2D eigenvalue weighted by Crippen LogP contribution is 2.68. The van der Waals surface area contributed by atoms with Gasteiger partial charge in [-0.3, -0.25) is 0 Å². The van der Waals surface area contributed by atoms with E-state index >= 15 is 0 Å². The van der Waals surface area contributed by atoms with E-state index in [0.29, 0.717) is 11.8 Å². The minimum absolute atomic E-state index is 0.105. The van der Waals surface area contributed by atoms with Gasteiger partial charge in [0.15, 0.2) is 17.6 Å². The number of nitrogens with zero attached hydrogens (tertiary/aromatic N) is 1. The van der Waals surface area contributed by atoms with Crippen molar-refractivity contribution < 1.29 is 9.84 Å². The second-order valence-corrected chi connectivity index (χ2v) is 9.61. The van der Waals surface area contributed by atoms with Crippen molar-refractivity contribution in [1.82, 2.24) is 15.2 Å². The van der Waals surface area contributed by atoms with Gasteiger partial charge in [-0.1, -0.05) is 31.2 Å². The molecule has 4 aliphatic rings. The van der Waals surface area contributed by atoms with E-state index < -0.39 is 0 Å². The molecule has 4 atom stereocenters. The number of rotatable bonds is 2. The molecule has 2 aromatic carbocycles. The van der Waals surface area contributed by atoms with Crippen LogP contribution in [0.25, 0.3) is 10.9 Å². The number of aromatic nitrogens is 1. The van der Waals surface area contributed by atoms with Gasteiger partial charge >= 0.3 is 0 Å². The Labute approximate surface area is 176 Å². The van der Waals surface area contributed by atoms with Gasteiger partial charge in [0.05, 0.1) is 16.6 Å². The molecule has 3 N–H and O–H groups in total. The third-order valence-corrected chi connectivity index (χ3v) is 8.58. The van der Waals surface area contributed by atoms with Crippen LogP contribution in [-0.2, 0) is 18.3 Å². The first-order valence-corrected chi connectivity index (χ1v) is 11.2. The van der Waals surface area contributed by atoms with Gasteiger partial charge in [-0.25, -0.2) is 0 Å². The van der Waals surface area contributed by atoms with Crippen molar-refractivity contribution in [3.63, 3.8) is 0 Å². The normalized spacial score (nSPS) is 33.3. The molecule has 1 unspecified atom stereocenters. The number of aromatic amines is 1. The van der Waals surface area contributed by atoms with E-state index in [2.05, 4.69) is 59.5 Å². The van der Waals surface area contributed by atoms with Crippen LogP contribution in [0.2, 0.25) is 0 Å². The number of para-hydroxylation sites is 1. The maximum atomic E-state index is 10.8. The molecule has 5 nitrogen and oxygen atoms in total. The van der Waals surface area contributed by atoms with Crippen LogP contribution in [0.4, 0.5) is 0 Å². The van der Waals surface area contributed by atoms with Gasteiger partial charge in [0.2, 0.25) is 0 Å². The molecule has 2 aliphatic heterocycles. The maximum absolute atomic E-state index is 10.8. The van der Waals surface area contributed by atoms with Crippen LogP contribution in [0.5, 0.6) is 11.5 Å². The number of H-pyrrole nitrogens is 1. The highest BCUT2D eigenvalue weighted by molar-refractivity contribution is 5.86. The summed E-state index contributed by atoms with van der Waals surface area (Å²) in [6, 6.07) is 13.0. The number of hydrogen-bond donors (Lipinski definition) is 3. The first kappa shape index (κ1) is 17.2. The molecule has 3 heterocycles. The molecule has 2 aliphatic carbocycles. The summed E-state index contributed by atoms with van der Waals surface area (Å²) in [5.41, 5.74) is 6.08. The molecule has 154 valence electrons. The van der Waals surface area contributed by atoms with Crippen LogP contribution < -0.4 is 10.1 Å². The molecular weight excluding hydrogens is 374 g/mol. The summed E-state index contributed by atoms with van der Waals surface area (Å²) in [7, 11) is 2.28. The zero-order chi connectivity index (χ0) is 20.3. The average molecular weight is 402 g/mol. The number of aromatic hydroxyl groups is 1. The van der Waals surface area contributed by atoms with Gasteiger partial charge in [0, 0.05) is 22.5 Å². The van der Waals surface area contributed by atoms with Gasteiger partial charge in [-0.2, -0.15) is 0 Å². The number of likely N-dealkylation sites (tertiary alicyclic amines) is 1. The lowest BCUT2D eigenvalue weighted by atomic mass is 9.47. The van der Waals surface area contributed by atoms with Gasteiger partial charge < -0.3 is 25.0 Å². The van der Waals surface area contributed by atoms with Crippen LogP contribution >= 0.6 is 0 Å². The first-order chi connectivity index (χ1) is 14.6. The molecule has 1 fully saturated rings. The number of hydrogen-bond acceptors (Lipinski definition) is 4. The fourth-order valence-corrected chi connectivity index (χ4v) is 7.55. The monoisotopic (exact) mass is 401 g/mol. The summed E-state index contributed by atoms with van der Waals surface area (Å²) in [4.78, 5) is 6.28. The number of benzene rings is 2. The van der Waals surface area contributed by atoms with Crippen molar-refractivity contribution in [3.05, 3.63) is 58.8 Å². The van der Waals surface area contributed by atoms with Crippen LogP contribution in [0.3, 0.4) is 0 Å². The number of phenols is 1. The molecule has 2 bridgehead atoms. The summed E-state index contributed by atoms with van der Waals surface area (Å²) in [6.07, 6.45) is 2.88. The molecule has 7 rings (SSSR count). The SMILES string of the molecule is CCN[C@@]12Cc3c([nH]c4ccccc34)[C@@H]3Oc4c(O)ccc5c4[C@@]31CCN(C)C2C5. The van der Waals surface area contributed by atoms with Gasteiger partial charge in [-0.15, -0.1) is 0 Å². The minimum atomic E-state index is -0.171. The standard InChI is InChI=1S/C25H27N3O2/c1-3-26-25-13-16-15-6-4-5-7-17(15)27-21(16)23-24(25)10-11-28(2)19(25)12-14-8-9-18(29)22(30-23)20(14)24/h4-9,19,23,26-27,29H,3,10-13H2,1-2H3/t19?,23-,24-,25+/m0/s1. The third kappa shape index (κ3) is 1.68. The Morgan fingerprint density at radius 3 is 3.00 bits per heavy atom. The number of likely N-dealkylation sites (N-methyl/N-ethyl adjacent to an activating group) is 2. The van der Waals surface area contributed by atoms with Crippen LogP contribution in [0, 0.1) is 0 Å². The number of fused-ring (bicyclic) bond motifs is 4. The van der Waals surface area contributed by atoms with Crippen LogP contribution in [0.1, 0.15) is 41.8 Å². The van der Waals surface area contributed by atoms with Crippen LogP contribution in [0.15, 0.2) is 36.4 Å². The average Bonchev–Trinajstić information content (AvgIpc) is 3.28. The van der Waals surface area contributed by atoms with E-state index in [1.165, 1.54) is 33.3 Å². The van der Waals surface area contributed by atoms with E-state index in [9.17, 15) is 5.11 Å². The summed E-state index contributed by atoms with van der Waals surface area (Å²) in [5.74, 6) is 0.993.